The number of ether oxygens (including phenoxy) is 1. The number of aromatic nitrogens is 3. The molecule has 2 aromatic rings. The Balaban J connectivity index is 2.08. The van der Waals surface area contributed by atoms with E-state index in [-0.39, 0.29) is 0 Å². The highest BCUT2D eigenvalue weighted by Crippen LogP contribution is 2.12. The zero-order chi connectivity index (χ0) is 13.5. The van der Waals surface area contributed by atoms with Gasteiger partial charge in [0.25, 0.3) is 0 Å². The average Bonchev–Trinajstić information content (AvgIpc) is 2.46. The third-order valence-corrected chi connectivity index (χ3v) is 2.48. The zero-order valence-electron chi connectivity index (χ0n) is 11.1. The summed E-state index contributed by atoms with van der Waals surface area (Å²) in [4.78, 5) is 12.9. The van der Waals surface area contributed by atoms with Gasteiger partial charge < -0.3 is 15.4 Å². The Kier molecular flexibility index (Phi) is 4.63. The predicted molar refractivity (Wildman–Crippen MR) is 73.9 cm³/mol. The second-order valence-electron chi connectivity index (χ2n) is 3.91. The molecule has 2 heterocycles. The van der Waals surface area contributed by atoms with E-state index >= 15 is 0 Å². The molecule has 0 saturated carbocycles. The molecular formula is C13H17N5O. The molecule has 6 heteroatoms. The maximum Gasteiger partial charge on any atom is 0.158 e. The predicted octanol–water partition coefficient (Wildman–Crippen LogP) is 1.67. The monoisotopic (exact) mass is 259 g/mol. The maximum atomic E-state index is 5.05. The van der Waals surface area contributed by atoms with E-state index in [0.717, 1.165) is 17.3 Å². The van der Waals surface area contributed by atoms with Gasteiger partial charge in [-0.15, -0.1) is 0 Å². The third-order valence-electron chi connectivity index (χ3n) is 2.48. The molecule has 0 aromatic carbocycles. The second kappa shape index (κ2) is 6.65. The van der Waals surface area contributed by atoms with E-state index in [1.54, 1.807) is 13.3 Å². The summed E-state index contributed by atoms with van der Waals surface area (Å²) in [6.07, 6.45) is 1.77. The van der Waals surface area contributed by atoms with Crippen LogP contribution in [-0.2, 0) is 17.9 Å². The Bertz CT molecular complexity index is 518. The van der Waals surface area contributed by atoms with E-state index in [4.69, 9.17) is 4.74 Å². The van der Waals surface area contributed by atoms with Gasteiger partial charge in [0.05, 0.1) is 12.2 Å². The van der Waals surface area contributed by atoms with Gasteiger partial charge in [0.2, 0.25) is 0 Å². The van der Waals surface area contributed by atoms with Crippen molar-refractivity contribution in [3.8, 4) is 0 Å². The van der Waals surface area contributed by atoms with Crippen molar-refractivity contribution < 1.29 is 4.74 Å². The van der Waals surface area contributed by atoms with Gasteiger partial charge in [-0.3, -0.25) is 4.98 Å². The lowest BCUT2D eigenvalue weighted by atomic mass is 10.3. The fourth-order valence-electron chi connectivity index (χ4n) is 1.59. The summed E-state index contributed by atoms with van der Waals surface area (Å²) in [5.41, 5.74) is 0.959. The number of rotatable bonds is 6. The van der Waals surface area contributed by atoms with E-state index < -0.39 is 0 Å². The number of hydrogen-bond donors (Lipinski definition) is 2. The number of methoxy groups -OCH3 is 1. The molecule has 19 heavy (non-hydrogen) atoms. The summed E-state index contributed by atoms with van der Waals surface area (Å²) >= 11 is 0. The molecule has 0 unspecified atom stereocenters. The Morgan fingerprint density at radius 1 is 1.21 bits per heavy atom. The summed E-state index contributed by atoms with van der Waals surface area (Å²) in [5.74, 6) is 2.14. The lowest BCUT2D eigenvalue weighted by Crippen LogP contribution is -2.07. The topological polar surface area (TPSA) is 72.0 Å². The first-order valence-corrected chi connectivity index (χ1v) is 6.00. The van der Waals surface area contributed by atoms with E-state index in [1.807, 2.05) is 31.3 Å². The molecule has 0 aliphatic carbocycles. The van der Waals surface area contributed by atoms with Gasteiger partial charge in [0.1, 0.15) is 18.2 Å². The fourth-order valence-corrected chi connectivity index (χ4v) is 1.59. The number of hydrogen-bond acceptors (Lipinski definition) is 6. The molecule has 0 bridgehead atoms. The van der Waals surface area contributed by atoms with E-state index in [1.165, 1.54) is 0 Å². The summed E-state index contributed by atoms with van der Waals surface area (Å²) in [7, 11) is 3.44. The van der Waals surface area contributed by atoms with Gasteiger partial charge >= 0.3 is 0 Å². The molecule has 0 saturated heterocycles. The first-order valence-electron chi connectivity index (χ1n) is 6.00. The molecular weight excluding hydrogens is 242 g/mol. The first kappa shape index (κ1) is 13.2. The normalized spacial score (nSPS) is 10.2. The molecule has 0 amide bonds. The standard InChI is InChI=1S/C13H17N5O/c1-14-11-7-12(18-13(17-11)9-19-2)16-8-10-5-3-4-6-15-10/h3-7H,8-9H2,1-2H3,(H2,14,16,17,18). The molecule has 100 valence electrons. The van der Waals surface area contributed by atoms with Crippen LogP contribution in [0.4, 0.5) is 11.6 Å². The van der Waals surface area contributed by atoms with Crippen LogP contribution in [-0.4, -0.2) is 29.1 Å². The molecule has 0 atom stereocenters. The van der Waals surface area contributed by atoms with Gasteiger partial charge in [-0.25, -0.2) is 9.97 Å². The van der Waals surface area contributed by atoms with Crippen molar-refractivity contribution in [1.29, 1.82) is 0 Å². The molecule has 0 fully saturated rings. The van der Waals surface area contributed by atoms with Gasteiger partial charge in [-0.05, 0) is 12.1 Å². The van der Waals surface area contributed by atoms with E-state index in [9.17, 15) is 0 Å². The van der Waals surface area contributed by atoms with E-state index in [2.05, 4.69) is 25.6 Å². The maximum absolute atomic E-state index is 5.05. The van der Waals surface area contributed by atoms with Crippen LogP contribution in [0.25, 0.3) is 0 Å². The Morgan fingerprint density at radius 2 is 2.05 bits per heavy atom. The zero-order valence-corrected chi connectivity index (χ0v) is 11.1. The second-order valence-corrected chi connectivity index (χ2v) is 3.91. The molecule has 2 aromatic heterocycles. The van der Waals surface area contributed by atoms with Crippen molar-refractivity contribution in [2.75, 3.05) is 24.8 Å². The van der Waals surface area contributed by atoms with Crippen LogP contribution in [0.1, 0.15) is 11.5 Å². The molecule has 2 N–H and O–H groups in total. The van der Waals surface area contributed by atoms with Crippen LogP contribution in [0.15, 0.2) is 30.5 Å². The summed E-state index contributed by atoms with van der Waals surface area (Å²) in [6, 6.07) is 7.66. The number of pyridine rings is 1. The minimum atomic E-state index is 0.383. The van der Waals surface area contributed by atoms with Gasteiger partial charge in [-0.2, -0.15) is 0 Å². The summed E-state index contributed by atoms with van der Waals surface area (Å²) in [6.45, 7) is 1.00. The van der Waals surface area contributed by atoms with Crippen molar-refractivity contribution in [2.45, 2.75) is 13.2 Å². The van der Waals surface area contributed by atoms with Gasteiger partial charge in [0, 0.05) is 26.4 Å². The van der Waals surface area contributed by atoms with Gasteiger partial charge in [-0.1, -0.05) is 6.07 Å². The Labute approximate surface area is 112 Å². The quantitative estimate of drug-likeness (QED) is 0.822. The van der Waals surface area contributed by atoms with Crippen molar-refractivity contribution in [3.05, 3.63) is 42.0 Å². The van der Waals surface area contributed by atoms with Crippen LogP contribution in [0, 0.1) is 0 Å². The molecule has 0 aliphatic heterocycles. The van der Waals surface area contributed by atoms with Crippen LogP contribution in [0.5, 0.6) is 0 Å². The molecule has 0 radical (unpaired) electrons. The van der Waals surface area contributed by atoms with Crippen molar-refractivity contribution >= 4 is 11.6 Å². The molecule has 0 spiro atoms. The SMILES string of the molecule is CNc1cc(NCc2ccccn2)nc(COC)n1. The number of nitrogens with zero attached hydrogens (tertiary/aromatic N) is 3. The minimum absolute atomic E-state index is 0.383. The Hall–Kier alpha value is -2.21. The minimum Gasteiger partial charge on any atom is -0.377 e. The number of anilines is 2. The average molecular weight is 259 g/mol. The highest BCUT2D eigenvalue weighted by Gasteiger charge is 2.03. The number of nitrogens with one attached hydrogen (secondary N) is 2. The van der Waals surface area contributed by atoms with Crippen LogP contribution in [0.2, 0.25) is 0 Å². The summed E-state index contributed by atoms with van der Waals surface area (Å²) in [5, 5.41) is 6.23. The molecule has 6 nitrogen and oxygen atoms in total. The highest BCUT2D eigenvalue weighted by molar-refractivity contribution is 5.47. The molecule has 2 rings (SSSR count). The fraction of sp³-hybridized carbons (Fsp3) is 0.308. The lowest BCUT2D eigenvalue weighted by molar-refractivity contribution is 0.178. The highest BCUT2D eigenvalue weighted by atomic mass is 16.5. The van der Waals surface area contributed by atoms with Gasteiger partial charge in [0.15, 0.2) is 5.82 Å². The lowest BCUT2D eigenvalue weighted by Gasteiger charge is -2.09. The smallest absolute Gasteiger partial charge is 0.158 e. The van der Waals surface area contributed by atoms with E-state index in [0.29, 0.717) is 19.0 Å². The first-order chi connectivity index (χ1) is 9.31. The largest absolute Gasteiger partial charge is 0.377 e. The van der Waals surface area contributed by atoms with Crippen molar-refractivity contribution in [3.63, 3.8) is 0 Å². The van der Waals surface area contributed by atoms with Crippen LogP contribution < -0.4 is 10.6 Å². The Morgan fingerprint density at radius 3 is 2.74 bits per heavy atom. The third kappa shape index (κ3) is 3.89. The molecule has 0 aliphatic rings. The summed E-state index contributed by atoms with van der Waals surface area (Å²) < 4.78 is 5.05. The van der Waals surface area contributed by atoms with Crippen molar-refractivity contribution in [2.24, 2.45) is 0 Å². The van der Waals surface area contributed by atoms with Crippen LogP contribution in [0.3, 0.4) is 0 Å². The van der Waals surface area contributed by atoms with Crippen LogP contribution >= 0.6 is 0 Å². The van der Waals surface area contributed by atoms with Crippen molar-refractivity contribution in [1.82, 2.24) is 15.0 Å².